The lowest BCUT2D eigenvalue weighted by Crippen LogP contribution is -2.45. The first-order chi connectivity index (χ1) is 18.9. The molecule has 0 saturated carbocycles. The maximum Gasteiger partial charge on any atom is 0.409 e. The molecule has 3 heterocycles. The van der Waals surface area contributed by atoms with Gasteiger partial charge in [0.2, 0.25) is 11.8 Å². The number of halogens is 2. The molecule has 0 unspecified atom stereocenters. The van der Waals surface area contributed by atoms with E-state index in [1.807, 2.05) is 6.92 Å². The molecular weight excluding hydrogens is 565 g/mol. The highest BCUT2D eigenvalue weighted by Crippen LogP contribution is 2.39. The molecule has 2 N–H and O–H groups in total. The fourth-order valence-corrected chi connectivity index (χ4v) is 6.61. The molecule has 0 radical (unpaired) electrons. The van der Waals surface area contributed by atoms with Crippen LogP contribution < -0.4 is 10.6 Å². The van der Waals surface area contributed by atoms with Crippen LogP contribution in [0.4, 0.5) is 14.9 Å². The van der Waals surface area contributed by atoms with Gasteiger partial charge < -0.3 is 24.7 Å². The third-order valence-corrected chi connectivity index (χ3v) is 9.43. The van der Waals surface area contributed by atoms with Gasteiger partial charge >= 0.3 is 6.09 Å². The minimum absolute atomic E-state index is 0.0266. The van der Waals surface area contributed by atoms with Crippen molar-refractivity contribution < 1.29 is 31.6 Å². The maximum atomic E-state index is 15.5. The van der Waals surface area contributed by atoms with Crippen LogP contribution in [-0.4, -0.2) is 67.5 Å². The predicted molar refractivity (Wildman–Crippen MR) is 143 cm³/mol. The lowest BCUT2D eigenvalue weighted by atomic mass is 9.80. The van der Waals surface area contributed by atoms with Gasteiger partial charge in [-0.2, -0.15) is 0 Å². The lowest BCUT2D eigenvalue weighted by Gasteiger charge is -2.36. The quantitative estimate of drug-likeness (QED) is 0.482. The fourth-order valence-electron chi connectivity index (χ4n) is 4.92. The van der Waals surface area contributed by atoms with Crippen LogP contribution in [0.5, 0.6) is 0 Å². The molecule has 5 rings (SSSR count). The van der Waals surface area contributed by atoms with Crippen LogP contribution in [0, 0.1) is 5.82 Å². The number of likely N-dealkylation sites (tertiary alicyclic amines) is 1. The van der Waals surface area contributed by atoms with Gasteiger partial charge in [-0.05, 0) is 42.7 Å². The van der Waals surface area contributed by atoms with E-state index in [4.69, 9.17) is 26.5 Å². The Hall–Kier alpha value is -3.55. The first-order valence-corrected chi connectivity index (χ1v) is 14.5. The summed E-state index contributed by atoms with van der Waals surface area (Å²) in [6.07, 6.45) is 0.596. The van der Waals surface area contributed by atoms with Crippen molar-refractivity contribution in [2.24, 2.45) is 5.73 Å². The van der Waals surface area contributed by atoms with Gasteiger partial charge in [0.1, 0.15) is 5.82 Å². The molecule has 14 heteroatoms. The fraction of sp³-hybridized carbons (Fsp3) is 0.385. The highest BCUT2D eigenvalue weighted by atomic mass is 35.5. The maximum absolute atomic E-state index is 15.5. The van der Waals surface area contributed by atoms with Crippen LogP contribution in [0.3, 0.4) is 0 Å². The van der Waals surface area contributed by atoms with Crippen molar-refractivity contribution in [2.75, 3.05) is 30.9 Å². The summed E-state index contributed by atoms with van der Waals surface area (Å²) in [5, 5.41) is 8.69. The average molecular weight is 592 g/mol. The number of aromatic nitrogens is 2. The number of rotatable bonds is 4. The second-order valence-electron chi connectivity index (χ2n) is 10.2. The molecule has 0 aliphatic carbocycles. The van der Waals surface area contributed by atoms with Crippen LogP contribution in [0.25, 0.3) is 11.5 Å². The van der Waals surface area contributed by atoms with E-state index in [0.29, 0.717) is 36.5 Å². The van der Waals surface area contributed by atoms with Crippen LogP contribution in [0.15, 0.2) is 45.7 Å². The lowest BCUT2D eigenvalue weighted by molar-refractivity contribution is -0.119. The highest BCUT2D eigenvalue weighted by molar-refractivity contribution is 7.91. The normalized spacial score (nSPS) is 20.1. The molecule has 212 valence electrons. The van der Waals surface area contributed by atoms with Crippen LogP contribution >= 0.6 is 11.6 Å². The summed E-state index contributed by atoms with van der Waals surface area (Å²) in [4.78, 5) is 27.6. The van der Waals surface area contributed by atoms with Crippen LogP contribution in [-0.2, 0) is 31.3 Å². The monoisotopic (exact) mass is 591 g/mol. The van der Waals surface area contributed by atoms with E-state index in [1.54, 1.807) is 29.2 Å². The molecule has 0 spiro atoms. The summed E-state index contributed by atoms with van der Waals surface area (Å²) in [5.41, 5.74) is 5.85. The van der Waals surface area contributed by atoms with E-state index in [0.717, 1.165) is 6.07 Å². The second kappa shape index (κ2) is 10.5. The number of ether oxygens (including phenoxy) is 1. The summed E-state index contributed by atoms with van der Waals surface area (Å²) in [6.45, 7) is 2.70. The van der Waals surface area contributed by atoms with E-state index in [1.165, 1.54) is 18.1 Å². The number of anilines is 1. The number of piperidine rings is 1. The van der Waals surface area contributed by atoms with E-state index >= 15 is 4.39 Å². The Labute approximate surface area is 235 Å². The van der Waals surface area contributed by atoms with Crippen molar-refractivity contribution in [3.8, 4) is 11.5 Å². The Kier molecular flexibility index (Phi) is 7.31. The van der Waals surface area contributed by atoms with Crippen molar-refractivity contribution in [3.05, 3.63) is 58.7 Å². The molecular formula is C26H27ClFN5O6S. The van der Waals surface area contributed by atoms with Gasteiger partial charge in [0.05, 0.1) is 41.6 Å². The summed E-state index contributed by atoms with van der Waals surface area (Å²) in [7, 11) is -2.79. The van der Waals surface area contributed by atoms with Gasteiger partial charge in [-0.15, -0.1) is 10.2 Å². The summed E-state index contributed by atoms with van der Waals surface area (Å²) in [6, 6.07) is 7.42. The standard InChI is InChI=1S/C26H27ClFN5O6S/c1-26(7-9-32(10-8-26)25(35)38-2)24-31-30-22(39-24)17-11-20-21(12-18(17)28)40(36,37)14-19(29)23(34)33(20)13-15-3-5-16(27)6-4-15/h3-6,11-12,19H,7-10,13-14,29H2,1-2H3/t19-/m0/s1. The zero-order chi connectivity index (χ0) is 28.8. The number of carbonyl (C=O) groups excluding carboxylic acids is 2. The Morgan fingerprint density at radius 3 is 2.55 bits per heavy atom. The average Bonchev–Trinajstić information content (AvgIpc) is 3.41. The first-order valence-electron chi connectivity index (χ1n) is 12.5. The predicted octanol–water partition coefficient (Wildman–Crippen LogP) is 3.30. The minimum Gasteiger partial charge on any atom is -0.453 e. The number of amides is 2. The molecule has 11 nitrogen and oxygen atoms in total. The number of carbonyl (C=O) groups is 2. The number of fused-ring (bicyclic) bond motifs is 1. The number of methoxy groups -OCH3 is 1. The molecule has 1 fully saturated rings. The molecule has 1 saturated heterocycles. The summed E-state index contributed by atoms with van der Waals surface area (Å²) < 4.78 is 52.4. The molecule has 0 bridgehead atoms. The van der Waals surface area contributed by atoms with Crippen molar-refractivity contribution in [1.82, 2.24) is 15.1 Å². The zero-order valence-electron chi connectivity index (χ0n) is 21.8. The first kappa shape index (κ1) is 28.0. The number of benzene rings is 2. The van der Waals surface area contributed by atoms with Crippen LogP contribution in [0.2, 0.25) is 5.02 Å². The van der Waals surface area contributed by atoms with E-state index in [-0.39, 0.29) is 34.5 Å². The molecule has 40 heavy (non-hydrogen) atoms. The van der Waals surface area contributed by atoms with Gasteiger partial charge in [-0.1, -0.05) is 30.7 Å². The number of nitrogens with two attached hydrogens (primary N) is 1. The van der Waals surface area contributed by atoms with E-state index < -0.39 is 44.9 Å². The van der Waals surface area contributed by atoms with Gasteiger partial charge in [-0.25, -0.2) is 17.6 Å². The van der Waals surface area contributed by atoms with E-state index in [9.17, 15) is 18.0 Å². The minimum atomic E-state index is -4.11. The molecule has 2 amide bonds. The Balaban J connectivity index is 1.53. The summed E-state index contributed by atoms with van der Waals surface area (Å²) >= 11 is 5.98. The smallest absolute Gasteiger partial charge is 0.409 e. The van der Waals surface area contributed by atoms with Crippen LogP contribution in [0.1, 0.15) is 31.2 Å². The van der Waals surface area contributed by atoms with Crippen molar-refractivity contribution in [3.63, 3.8) is 0 Å². The number of sulfone groups is 1. The molecule has 2 aromatic carbocycles. The molecule has 2 aliphatic rings. The van der Waals surface area contributed by atoms with Gasteiger partial charge in [-0.3, -0.25) is 4.79 Å². The van der Waals surface area contributed by atoms with Crippen molar-refractivity contribution >= 4 is 39.1 Å². The number of hydrogen-bond acceptors (Lipinski definition) is 9. The largest absolute Gasteiger partial charge is 0.453 e. The van der Waals surface area contributed by atoms with Gasteiger partial charge in [0.15, 0.2) is 9.84 Å². The number of hydrogen-bond donors (Lipinski definition) is 1. The van der Waals surface area contributed by atoms with Gasteiger partial charge in [0, 0.05) is 23.5 Å². The second-order valence-corrected chi connectivity index (χ2v) is 12.6. The third-order valence-electron chi connectivity index (χ3n) is 7.38. The topological polar surface area (TPSA) is 149 Å². The zero-order valence-corrected chi connectivity index (χ0v) is 23.3. The Bertz CT molecular complexity index is 1570. The van der Waals surface area contributed by atoms with Crippen molar-refractivity contribution in [1.29, 1.82) is 0 Å². The third kappa shape index (κ3) is 5.16. The SMILES string of the molecule is COC(=O)N1CCC(C)(c2nnc(-c3cc4c(cc3F)S(=O)(=O)C[C@H](N)C(=O)N4Cc3ccc(Cl)cc3)o2)CC1. The highest BCUT2D eigenvalue weighted by Gasteiger charge is 2.40. The summed E-state index contributed by atoms with van der Waals surface area (Å²) in [5.74, 6) is -2.12. The Morgan fingerprint density at radius 2 is 1.90 bits per heavy atom. The Morgan fingerprint density at radius 1 is 1.23 bits per heavy atom. The molecule has 1 aromatic heterocycles. The molecule has 2 aliphatic heterocycles. The van der Waals surface area contributed by atoms with Gasteiger partial charge in [0.25, 0.3) is 5.89 Å². The van der Waals surface area contributed by atoms with Crippen molar-refractivity contribution in [2.45, 2.75) is 42.7 Å². The molecule has 1 atom stereocenters. The molecule has 3 aromatic rings. The van der Waals surface area contributed by atoms with E-state index in [2.05, 4.69) is 10.2 Å². The number of nitrogens with zero attached hydrogens (tertiary/aromatic N) is 4.